The standard InChI is InChI=1S/C11H20N2O3/c1-11(2,3)12-6-9(14)13-5-4-8(7-13)10(15)16/h8,12H,4-7H2,1-3H3,(H,15,16). The minimum absolute atomic E-state index is 0.0151. The number of rotatable bonds is 3. The Morgan fingerprint density at radius 2 is 2.06 bits per heavy atom. The molecule has 2 N–H and O–H groups in total. The van der Waals surface area contributed by atoms with E-state index in [1.165, 1.54) is 0 Å². The van der Waals surface area contributed by atoms with E-state index in [0.717, 1.165) is 0 Å². The maximum absolute atomic E-state index is 11.7. The largest absolute Gasteiger partial charge is 0.481 e. The maximum atomic E-state index is 11.7. The first-order valence-electron chi connectivity index (χ1n) is 5.55. The second-order valence-corrected chi connectivity index (χ2v) is 5.27. The molecule has 1 unspecified atom stereocenters. The zero-order valence-corrected chi connectivity index (χ0v) is 10.1. The molecule has 1 rings (SSSR count). The van der Waals surface area contributed by atoms with Crippen molar-refractivity contribution in [1.29, 1.82) is 0 Å². The number of carbonyl (C=O) groups excluding carboxylic acids is 1. The van der Waals surface area contributed by atoms with Crippen LogP contribution in [0.25, 0.3) is 0 Å². The molecule has 1 atom stereocenters. The molecule has 1 fully saturated rings. The molecule has 16 heavy (non-hydrogen) atoms. The van der Waals surface area contributed by atoms with Gasteiger partial charge in [-0.3, -0.25) is 9.59 Å². The molecule has 0 aromatic heterocycles. The number of hydrogen-bond acceptors (Lipinski definition) is 3. The smallest absolute Gasteiger partial charge is 0.308 e. The molecule has 1 aliphatic heterocycles. The Balaban J connectivity index is 2.37. The number of aliphatic carboxylic acids is 1. The summed E-state index contributed by atoms with van der Waals surface area (Å²) in [6, 6.07) is 0. The molecule has 0 aromatic carbocycles. The molecular weight excluding hydrogens is 208 g/mol. The SMILES string of the molecule is CC(C)(C)NCC(=O)N1CCC(C(=O)O)C1. The fourth-order valence-electron chi connectivity index (χ4n) is 1.64. The van der Waals surface area contributed by atoms with Gasteiger partial charge in [0, 0.05) is 18.6 Å². The van der Waals surface area contributed by atoms with E-state index in [-0.39, 0.29) is 18.0 Å². The van der Waals surface area contributed by atoms with Gasteiger partial charge in [0.05, 0.1) is 12.5 Å². The number of amides is 1. The maximum Gasteiger partial charge on any atom is 0.308 e. The quantitative estimate of drug-likeness (QED) is 0.729. The topological polar surface area (TPSA) is 69.6 Å². The van der Waals surface area contributed by atoms with E-state index >= 15 is 0 Å². The zero-order valence-electron chi connectivity index (χ0n) is 10.1. The van der Waals surface area contributed by atoms with Gasteiger partial charge in [0.2, 0.25) is 5.91 Å². The lowest BCUT2D eigenvalue weighted by Crippen LogP contribution is -2.44. The van der Waals surface area contributed by atoms with Crippen LogP contribution >= 0.6 is 0 Å². The Kier molecular flexibility index (Phi) is 3.91. The lowest BCUT2D eigenvalue weighted by atomic mass is 10.1. The van der Waals surface area contributed by atoms with Gasteiger partial charge in [-0.25, -0.2) is 0 Å². The predicted molar refractivity (Wildman–Crippen MR) is 60.1 cm³/mol. The van der Waals surface area contributed by atoms with E-state index in [0.29, 0.717) is 19.5 Å². The Labute approximate surface area is 95.8 Å². The van der Waals surface area contributed by atoms with Gasteiger partial charge in [0.1, 0.15) is 0 Å². The van der Waals surface area contributed by atoms with Crippen LogP contribution in [0.4, 0.5) is 0 Å². The van der Waals surface area contributed by atoms with Crippen molar-refractivity contribution in [2.75, 3.05) is 19.6 Å². The predicted octanol–water partition coefficient (Wildman–Crippen LogP) is 0.308. The van der Waals surface area contributed by atoms with Gasteiger partial charge in [0.25, 0.3) is 0 Å². The van der Waals surface area contributed by atoms with E-state index in [1.807, 2.05) is 20.8 Å². The summed E-state index contributed by atoms with van der Waals surface area (Å²) in [5, 5.41) is 11.9. The van der Waals surface area contributed by atoms with E-state index in [2.05, 4.69) is 5.32 Å². The fourth-order valence-corrected chi connectivity index (χ4v) is 1.64. The highest BCUT2D eigenvalue weighted by Crippen LogP contribution is 2.16. The summed E-state index contributed by atoms with van der Waals surface area (Å²) in [6.07, 6.45) is 0.566. The molecule has 5 nitrogen and oxygen atoms in total. The van der Waals surface area contributed by atoms with Crippen molar-refractivity contribution in [3.8, 4) is 0 Å². The molecule has 0 aliphatic carbocycles. The van der Waals surface area contributed by atoms with Gasteiger partial charge in [-0.1, -0.05) is 0 Å². The van der Waals surface area contributed by atoms with Gasteiger partial charge in [0.15, 0.2) is 0 Å². The van der Waals surface area contributed by atoms with E-state index in [4.69, 9.17) is 5.11 Å². The van der Waals surface area contributed by atoms with Gasteiger partial charge in [-0.05, 0) is 27.2 Å². The number of likely N-dealkylation sites (tertiary alicyclic amines) is 1. The van der Waals surface area contributed by atoms with Crippen LogP contribution in [0.3, 0.4) is 0 Å². The summed E-state index contributed by atoms with van der Waals surface area (Å²) in [7, 11) is 0. The van der Waals surface area contributed by atoms with Crippen LogP contribution in [0.5, 0.6) is 0 Å². The van der Waals surface area contributed by atoms with Crippen molar-refractivity contribution in [2.24, 2.45) is 5.92 Å². The van der Waals surface area contributed by atoms with Gasteiger partial charge >= 0.3 is 5.97 Å². The van der Waals surface area contributed by atoms with Gasteiger partial charge in [-0.15, -0.1) is 0 Å². The molecule has 0 aromatic rings. The van der Waals surface area contributed by atoms with Crippen LogP contribution in [-0.4, -0.2) is 47.1 Å². The van der Waals surface area contributed by atoms with Gasteiger partial charge in [-0.2, -0.15) is 0 Å². The molecule has 0 spiro atoms. The number of carbonyl (C=O) groups is 2. The fraction of sp³-hybridized carbons (Fsp3) is 0.818. The Hall–Kier alpha value is -1.10. The summed E-state index contributed by atoms with van der Waals surface area (Å²) in [4.78, 5) is 24.1. The lowest BCUT2D eigenvalue weighted by molar-refractivity contribution is -0.141. The van der Waals surface area contributed by atoms with Crippen molar-refractivity contribution < 1.29 is 14.7 Å². The monoisotopic (exact) mass is 228 g/mol. The van der Waals surface area contributed by atoms with Crippen molar-refractivity contribution in [3.05, 3.63) is 0 Å². The molecule has 1 amide bonds. The molecular formula is C11H20N2O3. The number of nitrogens with zero attached hydrogens (tertiary/aromatic N) is 1. The third-order valence-electron chi connectivity index (χ3n) is 2.66. The molecule has 1 aliphatic rings. The first-order valence-corrected chi connectivity index (χ1v) is 5.55. The van der Waals surface area contributed by atoms with Crippen molar-refractivity contribution in [1.82, 2.24) is 10.2 Å². The summed E-state index contributed by atoms with van der Waals surface area (Å²) < 4.78 is 0. The number of carboxylic acid groups (broad SMARTS) is 1. The molecule has 5 heteroatoms. The Bertz CT molecular complexity index is 283. The average molecular weight is 228 g/mol. The van der Waals surface area contributed by atoms with Crippen molar-refractivity contribution in [3.63, 3.8) is 0 Å². The normalized spacial score (nSPS) is 21.2. The van der Waals surface area contributed by atoms with Crippen molar-refractivity contribution >= 4 is 11.9 Å². The average Bonchev–Trinajstić information content (AvgIpc) is 2.61. The molecule has 0 radical (unpaired) electrons. The third-order valence-corrected chi connectivity index (χ3v) is 2.66. The Morgan fingerprint density at radius 3 is 2.50 bits per heavy atom. The van der Waals surface area contributed by atoms with Crippen LogP contribution < -0.4 is 5.32 Å². The summed E-state index contributed by atoms with van der Waals surface area (Å²) >= 11 is 0. The Morgan fingerprint density at radius 1 is 1.44 bits per heavy atom. The lowest BCUT2D eigenvalue weighted by Gasteiger charge is -2.23. The van der Waals surface area contributed by atoms with Crippen molar-refractivity contribution in [2.45, 2.75) is 32.7 Å². The van der Waals surface area contributed by atoms with E-state index in [1.54, 1.807) is 4.90 Å². The molecule has 1 heterocycles. The van der Waals surface area contributed by atoms with Crippen LogP contribution in [0.2, 0.25) is 0 Å². The number of carboxylic acids is 1. The third kappa shape index (κ3) is 3.81. The second kappa shape index (κ2) is 4.82. The van der Waals surface area contributed by atoms with Gasteiger partial charge < -0.3 is 15.3 Å². The summed E-state index contributed by atoms with van der Waals surface area (Å²) in [5.41, 5.74) is -0.0957. The molecule has 0 bridgehead atoms. The summed E-state index contributed by atoms with van der Waals surface area (Å²) in [5.74, 6) is -1.21. The highest BCUT2D eigenvalue weighted by atomic mass is 16.4. The molecule has 0 saturated carbocycles. The molecule has 92 valence electrons. The van der Waals surface area contributed by atoms with E-state index < -0.39 is 11.9 Å². The zero-order chi connectivity index (χ0) is 12.3. The molecule has 1 saturated heterocycles. The number of nitrogens with one attached hydrogen (secondary N) is 1. The van der Waals surface area contributed by atoms with Crippen LogP contribution in [0.15, 0.2) is 0 Å². The van der Waals surface area contributed by atoms with Crippen LogP contribution in [0, 0.1) is 5.92 Å². The number of hydrogen-bond donors (Lipinski definition) is 2. The van der Waals surface area contributed by atoms with E-state index in [9.17, 15) is 9.59 Å². The first kappa shape index (κ1) is 13.0. The highest BCUT2D eigenvalue weighted by molar-refractivity contribution is 5.80. The minimum atomic E-state index is -0.806. The summed E-state index contributed by atoms with van der Waals surface area (Å²) in [6.45, 7) is 7.15. The first-order chi connectivity index (χ1) is 7.29. The highest BCUT2D eigenvalue weighted by Gasteiger charge is 2.30. The van der Waals surface area contributed by atoms with Crippen LogP contribution in [0.1, 0.15) is 27.2 Å². The van der Waals surface area contributed by atoms with Crippen LogP contribution in [-0.2, 0) is 9.59 Å². The second-order valence-electron chi connectivity index (χ2n) is 5.27. The minimum Gasteiger partial charge on any atom is -0.481 e.